The van der Waals surface area contributed by atoms with Crippen LogP contribution in [0.4, 0.5) is 0 Å². The van der Waals surface area contributed by atoms with Gasteiger partial charge in [-0.05, 0) is 46.4 Å². The molecule has 0 saturated heterocycles. The van der Waals surface area contributed by atoms with E-state index in [-0.39, 0.29) is 23.9 Å². The van der Waals surface area contributed by atoms with Crippen molar-refractivity contribution in [3.63, 3.8) is 0 Å². The second-order valence-electron chi connectivity index (χ2n) is 5.54. The number of benzene rings is 1. The summed E-state index contributed by atoms with van der Waals surface area (Å²) in [6, 6.07) is 7.48. The molecule has 0 amide bonds. The molecule has 1 aromatic rings. The van der Waals surface area contributed by atoms with E-state index in [4.69, 9.17) is 4.74 Å². The van der Waals surface area contributed by atoms with Crippen molar-refractivity contribution in [2.45, 2.75) is 33.2 Å². The molecule has 4 heteroatoms. The standard InChI is InChI=1S/C15H23NO2.ClH/c1-12-8-6-7-9-13(12)14(17)18-11-10-16(5)15(2,3)4;/h6-9H,10-11H2,1-5H3;1H. The Morgan fingerprint density at radius 1 is 1.26 bits per heavy atom. The van der Waals surface area contributed by atoms with Gasteiger partial charge in [0.1, 0.15) is 6.61 Å². The van der Waals surface area contributed by atoms with Crippen molar-refractivity contribution >= 4 is 18.4 Å². The molecule has 0 saturated carbocycles. The number of aryl methyl sites for hydroxylation is 1. The van der Waals surface area contributed by atoms with Crippen molar-refractivity contribution in [2.24, 2.45) is 0 Å². The predicted molar refractivity (Wildman–Crippen MR) is 81.1 cm³/mol. The summed E-state index contributed by atoms with van der Waals surface area (Å²) in [5.74, 6) is -0.240. The molecule has 108 valence electrons. The number of nitrogens with zero attached hydrogens (tertiary/aromatic N) is 1. The number of carbonyl (C=O) groups excluding carboxylic acids is 1. The van der Waals surface area contributed by atoms with Crippen molar-refractivity contribution in [3.8, 4) is 0 Å². The minimum Gasteiger partial charge on any atom is -0.461 e. The van der Waals surface area contributed by atoms with Crippen LogP contribution in [0, 0.1) is 6.92 Å². The van der Waals surface area contributed by atoms with E-state index < -0.39 is 0 Å². The van der Waals surface area contributed by atoms with Gasteiger partial charge in [0.05, 0.1) is 5.56 Å². The van der Waals surface area contributed by atoms with E-state index in [0.29, 0.717) is 12.2 Å². The highest BCUT2D eigenvalue weighted by molar-refractivity contribution is 5.90. The van der Waals surface area contributed by atoms with Gasteiger partial charge in [-0.15, -0.1) is 12.4 Å². The summed E-state index contributed by atoms with van der Waals surface area (Å²) in [6.07, 6.45) is 0. The van der Waals surface area contributed by atoms with Gasteiger partial charge in [0.25, 0.3) is 0 Å². The van der Waals surface area contributed by atoms with Crippen LogP contribution < -0.4 is 0 Å². The highest BCUT2D eigenvalue weighted by Crippen LogP contribution is 2.11. The molecule has 0 heterocycles. The maximum atomic E-state index is 11.9. The number of likely N-dealkylation sites (N-methyl/N-ethyl adjacent to an activating group) is 1. The van der Waals surface area contributed by atoms with Crippen LogP contribution >= 0.6 is 12.4 Å². The molecule has 0 spiro atoms. The molecular formula is C15H24ClNO2. The van der Waals surface area contributed by atoms with Crippen molar-refractivity contribution in [1.29, 1.82) is 0 Å². The zero-order chi connectivity index (χ0) is 13.8. The number of ether oxygens (including phenoxy) is 1. The molecule has 1 rings (SSSR count). The zero-order valence-electron chi connectivity index (χ0n) is 12.4. The lowest BCUT2D eigenvalue weighted by atomic mass is 10.1. The molecule has 0 radical (unpaired) electrons. The first-order valence-corrected chi connectivity index (χ1v) is 6.26. The maximum Gasteiger partial charge on any atom is 0.338 e. The Bertz CT molecular complexity index is 413. The van der Waals surface area contributed by atoms with Crippen molar-refractivity contribution in [2.75, 3.05) is 20.2 Å². The van der Waals surface area contributed by atoms with Gasteiger partial charge in [0, 0.05) is 12.1 Å². The molecule has 0 fully saturated rings. The second kappa shape index (κ2) is 7.51. The van der Waals surface area contributed by atoms with Gasteiger partial charge < -0.3 is 4.74 Å². The molecule has 0 bridgehead atoms. The van der Waals surface area contributed by atoms with Crippen LogP contribution in [-0.4, -0.2) is 36.6 Å². The molecule has 19 heavy (non-hydrogen) atoms. The van der Waals surface area contributed by atoms with E-state index in [1.165, 1.54) is 0 Å². The normalized spacial score (nSPS) is 11.1. The average Bonchev–Trinajstić information content (AvgIpc) is 2.28. The van der Waals surface area contributed by atoms with Crippen LogP contribution in [-0.2, 0) is 4.74 Å². The molecule has 0 aliphatic rings. The van der Waals surface area contributed by atoms with E-state index >= 15 is 0 Å². The number of hydrogen-bond acceptors (Lipinski definition) is 3. The minimum absolute atomic E-state index is 0. The summed E-state index contributed by atoms with van der Waals surface area (Å²) in [5.41, 5.74) is 1.69. The van der Waals surface area contributed by atoms with Crippen molar-refractivity contribution in [1.82, 2.24) is 4.90 Å². The van der Waals surface area contributed by atoms with Gasteiger partial charge in [-0.3, -0.25) is 4.90 Å². The molecule has 0 aliphatic carbocycles. The van der Waals surface area contributed by atoms with Crippen LogP contribution in [0.1, 0.15) is 36.7 Å². The van der Waals surface area contributed by atoms with E-state index in [9.17, 15) is 4.79 Å². The Balaban J connectivity index is 0.00000324. The predicted octanol–water partition coefficient (Wildman–Crippen LogP) is 3.30. The largest absolute Gasteiger partial charge is 0.461 e. The Labute approximate surface area is 122 Å². The number of carbonyl (C=O) groups is 1. The zero-order valence-corrected chi connectivity index (χ0v) is 13.2. The van der Waals surface area contributed by atoms with E-state index in [1.54, 1.807) is 6.07 Å². The fourth-order valence-corrected chi connectivity index (χ4v) is 1.49. The third kappa shape index (κ3) is 5.62. The summed E-state index contributed by atoms with van der Waals surface area (Å²) in [6.45, 7) is 9.47. The Kier molecular flexibility index (Phi) is 7.09. The first-order valence-electron chi connectivity index (χ1n) is 6.26. The van der Waals surface area contributed by atoms with Gasteiger partial charge in [0.15, 0.2) is 0 Å². The van der Waals surface area contributed by atoms with E-state index in [0.717, 1.165) is 12.1 Å². The van der Waals surface area contributed by atoms with Gasteiger partial charge >= 0.3 is 5.97 Å². The second-order valence-corrected chi connectivity index (χ2v) is 5.54. The first-order chi connectivity index (χ1) is 8.32. The summed E-state index contributed by atoms with van der Waals surface area (Å²) in [5, 5.41) is 0. The van der Waals surface area contributed by atoms with Crippen LogP contribution in [0.2, 0.25) is 0 Å². The first kappa shape index (κ1) is 17.9. The molecule has 1 aromatic carbocycles. The highest BCUT2D eigenvalue weighted by atomic mass is 35.5. The highest BCUT2D eigenvalue weighted by Gasteiger charge is 2.17. The molecule has 0 N–H and O–H groups in total. The minimum atomic E-state index is -0.240. The summed E-state index contributed by atoms with van der Waals surface area (Å²) in [7, 11) is 2.03. The van der Waals surface area contributed by atoms with Crippen LogP contribution in [0.5, 0.6) is 0 Å². The van der Waals surface area contributed by atoms with Crippen LogP contribution in [0.15, 0.2) is 24.3 Å². The van der Waals surface area contributed by atoms with Gasteiger partial charge in [-0.1, -0.05) is 18.2 Å². The molecule has 0 aliphatic heterocycles. The molecule has 3 nitrogen and oxygen atoms in total. The fourth-order valence-electron chi connectivity index (χ4n) is 1.49. The summed E-state index contributed by atoms with van der Waals surface area (Å²) < 4.78 is 5.29. The smallest absolute Gasteiger partial charge is 0.338 e. The third-order valence-electron chi connectivity index (χ3n) is 3.17. The lowest BCUT2D eigenvalue weighted by molar-refractivity contribution is 0.0423. The summed E-state index contributed by atoms with van der Waals surface area (Å²) in [4.78, 5) is 14.0. The Hall–Kier alpha value is -1.06. The SMILES string of the molecule is Cc1ccccc1C(=O)OCCN(C)C(C)(C)C.Cl. The summed E-state index contributed by atoms with van der Waals surface area (Å²) >= 11 is 0. The van der Waals surface area contributed by atoms with Crippen molar-refractivity contribution < 1.29 is 9.53 Å². The van der Waals surface area contributed by atoms with E-state index in [1.807, 2.05) is 32.2 Å². The Morgan fingerprint density at radius 2 is 1.84 bits per heavy atom. The third-order valence-corrected chi connectivity index (χ3v) is 3.17. The van der Waals surface area contributed by atoms with Crippen molar-refractivity contribution in [3.05, 3.63) is 35.4 Å². The lowest BCUT2D eigenvalue weighted by Crippen LogP contribution is -2.40. The average molecular weight is 286 g/mol. The Morgan fingerprint density at radius 3 is 2.37 bits per heavy atom. The van der Waals surface area contributed by atoms with Crippen LogP contribution in [0.25, 0.3) is 0 Å². The van der Waals surface area contributed by atoms with Gasteiger partial charge in [-0.2, -0.15) is 0 Å². The molecular weight excluding hydrogens is 262 g/mol. The molecule has 0 unspecified atom stereocenters. The van der Waals surface area contributed by atoms with E-state index in [2.05, 4.69) is 25.7 Å². The monoisotopic (exact) mass is 285 g/mol. The van der Waals surface area contributed by atoms with Gasteiger partial charge in [0.2, 0.25) is 0 Å². The van der Waals surface area contributed by atoms with Gasteiger partial charge in [-0.25, -0.2) is 4.79 Å². The maximum absolute atomic E-state index is 11.9. The number of rotatable bonds is 4. The molecule has 0 atom stereocenters. The fraction of sp³-hybridized carbons (Fsp3) is 0.533. The number of halogens is 1. The quantitative estimate of drug-likeness (QED) is 0.795. The van der Waals surface area contributed by atoms with Crippen LogP contribution in [0.3, 0.4) is 0 Å². The lowest BCUT2D eigenvalue weighted by Gasteiger charge is -2.31. The molecule has 0 aromatic heterocycles. The topological polar surface area (TPSA) is 29.5 Å². The number of esters is 1. The number of hydrogen-bond donors (Lipinski definition) is 0.